The van der Waals surface area contributed by atoms with E-state index in [4.69, 9.17) is 9.05 Å². The first kappa shape index (κ1) is 88.9. The molecule has 9 heteroatoms. The molecule has 0 heterocycles. The van der Waals surface area contributed by atoms with E-state index in [0.717, 1.165) is 57.8 Å². The van der Waals surface area contributed by atoms with Crippen molar-refractivity contribution in [3.8, 4) is 0 Å². The first-order chi connectivity index (χ1) is 44.5. The molecule has 3 atom stereocenters. The molecule has 0 radical (unpaired) electrons. The van der Waals surface area contributed by atoms with Crippen molar-refractivity contribution >= 4 is 13.7 Å². The quantitative estimate of drug-likeness (QED) is 0.0272. The third-order valence-corrected chi connectivity index (χ3v) is 19.1. The number of allylic oxidation sites excluding steroid dienone is 11. The number of aliphatic hydroxyl groups excluding tert-OH is 1. The van der Waals surface area contributed by atoms with E-state index in [1.165, 1.54) is 315 Å². The van der Waals surface area contributed by atoms with Crippen LogP contribution in [0.2, 0.25) is 0 Å². The predicted molar refractivity (Wildman–Crippen MR) is 399 cm³/mol. The van der Waals surface area contributed by atoms with Gasteiger partial charge in [0.05, 0.1) is 39.9 Å². The summed E-state index contributed by atoms with van der Waals surface area (Å²) in [6, 6.07) is -0.914. The van der Waals surface area contributed by atoms with E-state index in [-0.39, 0.29) is 12.5 Å². The Morgan fingerprint density at radius 3 is 0.967 bits per heavy atom. The maximum Gasteiger partial charge on any atom is 0.268 e. The minimum Gasteiger partial charge on any atom is -0.756 e. The van der Waals surface area contributed by atoms with E-state index >= 15 is 0 Å². The van der Waals surface area contributed by atoms with Crippen LogP contribution in [0, 0.1) is 0 Å². The van der Waals surface area contributed by atoms with Crippen molar-refractivity contribution in [3.63, 3.8) is 0 Å². The van der Waals surface area contributed by atoms with Gasteiger partial charge in [-0.1, -0.05) is 376 Å². The van der Waals surface area contributed by atoms with E-state index in [1.807, 2.05) is 27.2 Å². The monoisotopic (exact) mass is 1300 g/mol. The highest BCUT2D eigenvalue weighted by molar-refractivity contribution is 7.45. The zero-order valence-electron chi connectivity index (χ0n) is 61.3. The Hall–Kier alpha value is -2.06. The van der Waals surface area contributed by atoms with Gasteiger partial charge >= 0.3 is 0 Å². The van der Waals surface area contributed by atoms with Crippen molar-refractivity contribution in [1.82, 2.24) is 5.32 Å². The van der Waals surface area contributed by atoms with Crippen molar-refractivity contribution in [3.05, 3.63) is 72.9 Å². The average molecular weight is 1300 g/mol. The molecule has 1 amide bonds. The molecule has 0 aromatic rings. The number of unbranched alkanes of at least 4 members (excludes halogenated alkanes) is 51. The summed E-state index contributed by atoms with van der Waals surface area (Å²) in [6.45, 7) is 4.66. The number of likely N-dealkylation sites (N-methyl/N-ethyl adjacent to an activating group) is 1. The maximum atomic E-state index is 13.1. The molecule has 2 N–H and O–H groups in total. The second kappa shape index (κ2) is 72.2. The van der Waals surface area contributed by atoms with Gasteiger partial charge in [0.2, 0.25) is 5.91 Å². The maximum absolute atomic E-state index is 13.1. The van der Waals surface area contributed by atoms with Gasteiger partial charge in [0.25, 0.3) is 7.82 Å². The van der Waals surface area contributed by atoms with Gasteiger partial charge in [-0.05, 0) is 83.5 Å². The van der Waals surface area contributed by atoms with Crippen molar-refractivity contribution in [2.45, 2.75) is 405 Å². The zero-order valence-corrected chi connectivity index (χ0v) is 62.2. The molecular weight excluding hydrogens is 1140 g/mol. The summed E-state index contributed by atoms with van der Waals surface area (Å²) in [5.41, 5.74) is 0. The van der Waals surface area contributed by atoms with Crippen LogP contribution in [-0.4, -0.2) is 68.5 Å². The Morgan fingerprint density at radius 2 is 0.648 bits per heavy atom. The van der Waals surface area contributed by atoms with Crippen LogP contribution >= 0.6 is 7.82 Å². The normalized spacial score (nSPS) is 13.9. The summed E-state index contributed by atoms with van der Waals surface area (Å²) in [5, 5.41) is 14.0. The Bertz CT molecular complexity index is 1720. The first-order valence-corrected chi connectivity index (χ1v) is 41.3. The highest BCUT2D eigenvalue weighted by atomic mass is 31.2. The number of aliphatic hydroxyl groups is 1. The van der Waals surface area contributed by atoms with Gasteiger partial charge in [-0.3, -0.25) is 9.36 Å². The summed E-state index contributed by atoms with van der Waals surface area (Å²) in [6.07, 6.45) is 102. The molecule has 0 aliphatic rings. The molecule has 0 spiro atoms. The smallest absolute Gasteiger partial charge is 0.268 e. The fourth-order valence-corrected chi connectivity index (χ4v) is 12.7. The molecule has 0 saturated heterocycles. The molecular formula is C82H155N2O6P. The van der Waals surface area contributed by atoms with Crippen molar-refractivity contribution < 1.29 is 32.9 Å². The Labute approximate surface area is 567 Å². The van der Waals surface area contributed by atoms with E-state index in [0.29, 0.717) is 17.4 Å². The molecule has 0 aliphatic heterocycles. The van der Waals surface area contributed by atoms with E-state index in [9.17, 15) is 19.4 Å². The summed E-state index contributed by atoms with van der Waals surface area (Å²) < 4.78 is 23.5. The van der Waals surface area contributed by atoms with E-state index in [1.54, 1.807) is 6.08 Å². The van der Waals surface area contributed by atoms with Crippen LogP contribution in [0.1, 0.15) is 393 Å². The lowest BCUT2D eigenvalue weighted by atomic mass is 10.0. The number of nitrogens with one attached hydrogen (secondary N) is 1. The van der Waals surface area contributed by atoms with Crippen molar-refractivity contribution in [2.24, 2.45) is 0 Å². The molecule has 91 heavy (non-hydrogen) atoms. The molecule has 0 fully saturated rings. The van der Waals surface area contributed by atoms with Gasteiger partial charge in [0, 0.05) is 6.42 Å². The Kier molecular flexibility index (Phi) is 70.6. The van der Waals surface area contributed by atoms with Crippen molar-refractivity contribution in [1.29, 1.82) is 0 Å². The third kappa shape index (κ3) is 75.2. The predicted octanol–water partition coefficient (Wildman–Crippen LogP) is 25.4. The highest BCUT2D eigenvalue weighted by Crippen LogP contribution is 2.38. The lowest BCUT2D eigenvalue weighted by molar-refractivity contribution is -0.870. The van der Waals surface area contributed by atoms with Gasteiger partial charge in [0.1, 0.15) is 13.2 Å². The number of quaternary nitrogens is 1. The molecule has 8 nitrogen and oxygen atoms in total. The number of carbonyl (C=O) groups is 1. The SMILES string of the molecule is CCCCCCC/C=C\C/C=C\C/C=C\CCCCCCCCCCCCCCCCCCCCCCCCC(=O)NC(COP(=O)([O-])OCC[N+](C)(C)C)C(O)/C=C/CC/C=C/CC/C=C/CCCCCCCCCCCCCCCCCCCCCCCC. The van der Waals surface area contributed by atoms with E-state index < -0.39 is 26.6 Å². The second-order valence-corrected chi connectivity index (χ2v) is 29.8. The summed E-state index contributed by atoms with van der Waals surface area (Å²) >= 11 is 0. The molecule has 0 aliphatic carbocycles. The number of nitrogens with zero attached hydrogens (tertiary/aromatic N) is 1. The number of rotatable bonds is 74. The summed E-state index contributed by atoms with van der Waals surface area (Å²) in [7, 11) is 1.25. The molecule has 3 unspecified atom stereocenters. The number of amides is 1. The molecule has 0 aromatic heterocycles. The van der Waals surface area contributed by atoms with Gasteiger partial charge in [-0.15, -0.1) is 0 Å². The van der Waals surface area contributed by atoms with Crippen LogP contribution in [-0.2, 0) is 18.4 Å². The fraction of sp³-hybridized carbons (Fsp3) is 0.841. The number of carbonyl (C=O) groups excluding carboxylic acids is 1. The van der Waals surface area contributed by atoms with Crippen LogP contribution in [0.5, 0.6) is 0 Å². The van der Waals surface area contributed by atoms with Crippen LogP contribution in [0.15, 0.2) is 72.9 Å². The van der Waals surface area contributed by atoms with Gasteiger partial charge < -0.3 is 28.8 Å². The van der Waals surface area contributed by atoms with Crippen LogP contribution in [0.4, 0.5) is 0 Å². The number of phosphoric acid groups is 1. The summed E-state index contributed by atoms with van der Waals surface area (Å²) in [5.74, 6) is -0.205. The highest BCUT2D eigenvalue weighted by Gasteiger charge is 2.23. The van der Waals surface area contributed by atoms with Crippen molar-refractivity contribution in [2.75, 3.05) is 40.9 Å². The lowest BCUT2D eigenvalue weighted by Gasteiger charge is -2.29. The number of phosphoric ester groups is 1. The molecule has 534 valence electrons. The van der Waals surface area contributed by atoms with Crippen LogP contribution in [0.25, 0.3) is 0 Å². The lowest BCUT2D eigenvalue weighted by Crippen LogP contribution is -2.45. The zero-order chi connectivity index (χ0) is 66.2. The average Bonchev–Trinajstić information content (AvgIpc) is 3.42. The summed E-state index contributed by atoms with van der Waals surface area (Å²) in [4.78, 5) is 25.7. The fourth-order valence-electron chi connectivity index (χ4n) is 12.0. The largest absolute Gasteiger partial charge is 0.756 e. The molecule has 0 saturated carbocycles. The van der Waals surface area contributed by atoms with Gasteiger partial charge in [-0.25, -0.2) is 0 Å². The Balaban J connectivity index is 4.02. The number of hydrogen-bond donors (Lipinski definition) is 2. The van der Waals surface area contributed by atoms with E-state index in [2.05, 4.69) is 79.9 Å². The minimum absolute atomic E-state index is 0.00919. The second-order valence-electron chi connectivity index (χ2n) is 28.4. The standard InChI is InChI=1S/C82H155N2O6P/c1-6-8-10-12-14-16-18-20-22-24-26-28-30-32-34-36-38-40-41-42-43-44-46-48-50-52-54-56-58-60-62-64-66-68-70-72-74-76-82(86)83-80(79-90-91(87,88)89-78-77-84(3,4)5)81(85)75-73-71-69-67-65-63-61-59-57-55-53-51-49-47-45-39-37-35-33-31-29-27-25-23-21-19-17-15-13-11-9-7-2/h18,20,24,26,30,32,57,59,65,67,73,75,80-81,85H,6-17,19,21-23,25,27-29,31,33-56,58,60-64,66,68-72,74,76-79H2,1-5H3,(H-,83,86,87,88)/b20-18-,26-24-,32-30-,59-57+,67-65+,75-73+. The van der Waals surface area contributed by atoms with Crippen LogP contribution in [0.3, 0.4) is 0 Å². The molecule has 0 rings (SSSR count). The minimum atomic E-state index is -4.62. The third-order valence-electron chi connectivity index (χ3n) is 18.1. The molecule has 0 bridgehead atoms. The van der Waals surface area contributed by atoms with Gasteiger partial charge in [-0.2, -0.15) is 0 Å². The topological polar surface area (TPSA) is 108 Å². The first-order valence-electron chi connectivity index (χ1n) is 39.8. The van der Waals surface area contributed by atoms with Gasteiger partial charge in [0.15, 0.2) is 0 Å². The molecule has 0 aromatic carbocycles. The Morgan fingerprint density at radius 1 is 0.385 bits per heavy atom. The number of hydrogen-bond acceptors (Lipinski definition) is 6. The van der Waals surface area contributed by atoms with Crippen LogP contribution < -0.4 is 10.2 Å².